The summed E-state index contributed by atoms with van der Waals surface area (Å²) in [6.07, 6.45) is 3.84. The fraction of sp³-hybridized carbons (Fsp3) is 0.632. The molecule has 1 aromatic carbocycles. The first-order chi connectivity index (χ1) is 10.4. The maximum Gasteiger partial charge on any atom is 0.189 e. The number of carbonyl (C=O) groups is 1. The Hall–Kier alpha value is -1.19. The van der Waals surface area contributed by atoms with Gasteiger partial charge in [0.2, 0.25) is 0 Å². The van der Waals surface area contributed by atoms with Crippen LogP contribution in [0.1, 0.15) is 72.5 Å². The summed E-state index contributed by atoms with van der Waals surface area (Å²) in [6, 6.07) is 2.17. The molecule has 1 heterocycles. The number of rotatable bonds is 4. The summed E-state index contributed by atoms with van der Waals surface area (Å²) >= 11 is 0. The van der Waals surface area contributed by atoms with Gasteiger partial charge in [-0.2, -0.15) is 0 Å². The molecule has 0 fully saturated rings. The lowest BCUT2D eigenvalue weighted by Crippen LogP contribution is -2.26. The molecule has 0 bridgehead atoms. The largest absolute Gasteiger partial charge is 0.348 e. The maximum atomic E-state index is 12.4. The minimum absolute atomic E-state index is 0.0929. The van der Waals surface area contributed by atoms with Crippen LogP contribution in [0.2, 0.25) is 0 Å². The van der Waals surface area contributed by atoms with Crippen molar-refractivity contribution in [1.29, 1.82) is 0 Å². The predicted octanol–water partition coefficient (Wildman–Crippen LogP) is 4.15. The quantitative estimate of drug-likeness (QED) is 0.784. The Morgan fingerprint density at radius 2 is 2.14 bits per heavy atom. The van der Waals surface area contributed by atoms with E-state index in [0.717, 1.165) is 42.4 Å². The van der Waals surface area contributed by atoms with E-state index in [1.165, 1.54) is 11.1 Å². The van der Waals surface area contributed by atoms with Crippen molar-refractivity contribution < 1.29 is 14.3 Å². The Labute approximate surface area is 133 Å². The average Bonchev–Trinajstić information content (AvgIpc) is 2.76. The molecular formula is C19H26O3. The first kappa shape index (κ1) is 15.7. The number of hydrogen-bond acceptors (Lipinski definition) is 3. The topological polar surface area (TPSA) is 35.5 Å². The standard InChI is InChI=1S/C19H26O3/c1-5-6-7-21-18-14-8-13-9-19(3,4)10-15(13)12(2)17(14)16(20)11-22-18/h8,18H,5-7,9-11H2,1-4H3. The molecule has 3 heteroatoms. The monoisotopic (exact) mass is 302 g/mol. The van der Waals surface area contributed by atoms with Crippen molar-refractivity contribution in [2.24, 2.45) is 5.41 Å². The van der Waals surface area contributed by atoms with Gasteiger partial charge in [-0.25, -0.2) is 0 Å². The number of ether oxygens (including phenoxy) is 2. The number of unbranched alkanes of at least 4 members (excludes halogenated alkanes) is 1. The van der Waals surface area contributed by atoms with E-state index in [-0.39, 0.29) is 24.1 Å². The van der Waals surface area contributed by atoms with Crippen LogP contribution in [0, 0.1) is 12.3 Å². The molecule has 120 valence electrons. The van der Waals surface area contributed by atoms with Gasteiger partial charge in [-0.3, -0.25) is 4.79 Å². The minimum atomic E-state index is -0.382. The molecule has 3 nitrogen and oxygen atoms in total. The average molecular weight is 302 g/mol. The highest BCUT2D eigenvalue weighted by molar-refractivity contribution is 6.01. The Kier molecular flexibility index (Phi) is 4.13. The van der Waals surface area contributed by atoms with Gasteiger partial charge in [0.1, 0.15) is 6.61 Å². The molecule has 1 unspecified atom stereocenters. The highest BCUT2D eigenvalue weighted by Crippen LogP contribution is 2.42. The Morgan fingerprint density at radius 1 is 1.36 bits per heavy atom. The zero-order valence-electron chi connectivity index (χ0n) is 14.1. The van der Waals surface area contributed by atoms with Crippen molar-refractivity contribution >= 4 is 5.78 Å². The van der Waals surface area contributed by atoms with E-state index in [0.29, 0.717) is 6.61 Å². The predicted molar refractivity (Wildman–Crippen MR) is 86.3 cm³/mol. The highest BCUT2D eigenvalue weighted by atomic mass is 16.7. The molecule has 1 aliphatic carbocycles. The third-order valence-electron chi connectivity index (χ3n) is 4.82. The molecule has 1 aliphatic heterocycles. The van der Waals surface area contributed by atoms with Crippen molar-refractivity contribution in [2.45, 2.75) is 59.7 Å². The van der Waals surface area contributed by atoms with E-state index in [4.69, 9.17) is 9.47 Å². The zero-order chi connectivity index (χ0) is 15.9. The Morgan fingerprint density at radius 3 is 2.86 bits per heavy atom. The van der Waals surface area contributed by atoms with Gasteiger partial charge in [-0.05, 0) is 54.4 Å². The smallest absolute Gasteiger partial charge is 0.189 e. The summed E-state index contributed by atoms with van der Waals surface area (Å²) in [6.45, 7) is 9.62. The van der Waals surface area contributed by atoms with Gasteiger partial charge in [0.05, 0.1) is 6.61 Å². The Balaban J connectivity index is 1.99. The normalized spacial score (nSPS) is 22.5. The molecule has 3 rings (SSSR count). The molecule has 22 heavy (non-hydrogen) atoms. The van der Waals surface area contributed by atoms with Gasteiger partial charge < -0.3 is 9.47 Å². The van der Waals surface area contributed by atoms with Crippen LogP contribution in [0.3, 0.4) is 0 Å². The lowest BCUT2D eigenvalue weighted by molar-refractivity contribution is -0.144. The number of hydrogen-bond donors (Lipinski definition) is 0. The van der Waals surface area contributed by atoms with Gasteiger partial charge in [-0.1, -0.05) is 27.2 Å². The summed E-state index contributed by atoms with van der Waals surface area (Å²) in [5.41, 5.74) is 5.95. The molecule has 1 aromatic rings. The molecule has 0 saturated carbocycles. The summed E-state index contributed by atoms with van der Waals surface area (Å²) in [5, 5.41) is 0. The van der Waals surface area contributed by atoms with Crippen LogP contribution in [-0.2, 0) is 22.3 Å². The van der Waals surface area contributed by atoms with E-state index in [9.17, 15) is 4.79 Å². The summed E-state index contributed by atoms with van der Waals surface area (Å²) in [5.74, 6) is 0.0929. The van der Waals surface area contributed by atoms with Gasteiger partial charge in [0.15, 0.2) is 12.1 Å². The molecule has 0 saturated heterocycles. The number of fused-ring (bicyclic) bond motifs is 2. The summed E-state index contributed by atoms with van der Waals surface area (Å²) < 4.78 is 11.5. The third kappa shape index (κ3) is 2.72. The van der Waals surface area contributed by atoms with E-state index in [2.05, 4.69) is 33.8 Å². The van der Waals surface area contributed by atoms with E-state index >= 15 is 0 Å². The lowest BCUT2D eigenvalue weighted by atomic mass is 9.89. The number of ketones is 1. The number of carbonyl (C=O) groups excluding carboxylic acids is 1. The van der Waals surface area contributed by atoms with Crippen molar-refractivity contribution in [3.05, 3.63) is 33.9 Å². The van der Waals surface area contributed by atoms with E-state index < -0.39 is 0 Å². The van der Waals surface area contributed by atoms with Crippen LogP contribution < -0.4 is 0 Å². The van der Waals surface area contributed by atoms with Crippen LogP contribution in [-0.4, -0.2) is 19.0 Å². The molecule has 0 radical (unpaired) electrons. The second kappa shape index (κ2) is 5.78. The zero-order valence-corrected chi connectivity index (χ0v) is 14.1. The van der Waals surface area contributed by atoms with Gasteiger partial charge in [0.25, 0.3) is 0 Å². The van der Waals surface area contributed by atoms with Crippen LogP contribution in [0.5, 0.6) is 0 Å². The SMILES string of the molecule is CCCCOC1OCC(=O)c2c1cc1c(c2C)CC(C)(C)C1. The lowest BCUT2D eigenvalue weighted by Gasteiger charge is -2.27. The molecular weight excluding hydrogens is 276 g/mol. The van der Waals surface area contributed by atoms with Gasteiger partial charge in [-0.15, -0.1) is 0 Å². The van der Waals surface area contributed by atoms with Gasteiger partial charge in [0, 0.05) is 11.1 Å². The second-order valence-corrected chi connectivity index (χ2v) is 7.41. The van der Waals surface area contributed by atoms with Gasteiger partial charge >= 0.3 is 0 Å². The number of benzene rings is 1. The van der Waals surface area contributed by atoms with Crippen LogP contribution in [0.25, 0.3) is 0 Å². The first-order valence-electron chi connectivity index (χ1n) is 8.34. The van der Waals surface area contributed by atoms with Crippen molar-refractivity contribution in [1.82, 2.24) is 0 Å². The molecule has 0 N–H and O–H groups in total. The van der Waals surface area contributed by atoms with Crippen molar-refractivity contribution in [2.75, 3.05) is 13.2 Å². The van der Waals surface area contributed by atoms with Crippen LogP contribution in [0.15, 0.2) is 6.07 Å². The first-order valence-corrected chi connectivity index (χ1v) is 8.34. The fourth-order valence-electron chi connectivity index (χ4n) is 3.76. The second-order valence-electron chi connectivity index (χ2n) is 7.41. The maximum absolute atomic E-state index is 12.4. The highest BCUT2D eigenvalue weighted by Gasteiger charge is 2.36. The molecule has 1 atom stereocenters. The third-order valence-corrected chi connectivity index (χ3v) is 4.82. The van der Waals surface area contributed by atoms with Crippen LogP contribution >= 0.6 is 0 Å². The molecule has 0 aromatic heterocycles. The van der Waals surface area contributed by atoms with E-state index in [1.54, 1.807) is 0 Å². The summed E-state index contributed by atoms with van der Waals surface area (Å²) in [7, 11) is 0. The molecule has 0 amide bonds. The summed E-state index contributed by atoms with van der Waals surface area (Å²) in [4.78, 5) is 12.4. The molecule has 0 spiro atoms. The minimum Gasteiger partial charge on any atom is -0.348 e. The number of Topliss-reactive ketones (excluding diaryl/α,β-unsaturated/α-hetero) is 1. The van der Waals surface area contributed by atoms with Crippen molar-refractivity contribution in [3.8, 4) is 0 Å². The van der Waals surface area contributed by atoms with Crippen molar-refractivity contribution in [3.63, 3.8) is 0 Å². The van der Waals surface area contributed by atoms with E-state index in [1.807, 2.05) is 0 Å². The van der Waals surface area contributed by atoms with Crippen LogP contribution in [0.4, 0.5) is 0 Å². The fourth-order valence-corrected chi connectivity index (χ4v) is 3.76. The Bertz CT molecular complexity index is 601. The molecule has 2 aliphatic rings.